The van der Waals surface area contributed by atoms with E-state index in [-0.39, 0.29) is 41.3 Å². The topological polar surface area (TPSA) is 26.5 Å². The number of aromatic nitrogens is 2. The van der Waals surface area contributed by atoms with Gasteiger partial charge in [-0.25, -0.2) is 4.98 Å². The van der Waals surface area contributed by atoms with E-state index in [4.69, 9.17) is 4.74 Å². The van der Waals surface area contributed by atoms with Crippen molar-refractivity contribution in [1.82, 2.24) is 9.38 Å². The first kappa shape index (κ1) is 18.8. The van der Waals surface area contributed by atoms with Crippen LogP contribution in [0.5, 0.6) is 5.88 Å². The number of imidazole rings is 1. The van der Waals surface area contributed by atoms with E-state index in [1.165, 1.54) is 12.1 Å². The molecule has 0 saturated heterocycles. The van der Waals surface area contributed by atoms with Crippen LogP contribution in [0.4, 0.5) is 4.39 Å². The number of pyridine rings is 1. The second-order valence-corrected chi connectivity index (χ2v) is 5.24. The Morgan fingerprint density at radius 1 is 1.25 bits per heavy atom. The van der Waals surface area contributed by atoms with Crippen molar-refractivity contribution in [1.29, 1.82) is 0 Å². The molecule has 2 aromatic heterocycles. The summed E-state index contributed by atoms with van der Waals surface area (Å²) in [5.74, 6) is 0.285. The molecule has 0 unspecified atom stereocenters. The van der Waals surface area contributed by atoms with Gasteiger partial charge in [-0.15, -0.1) is 18.2 Å². The molecule has 24 heavy (non-hydrogen) atoms. The Labute approximate surface area is 161 Å². The van der Waals surface area contributed by atoms with Gasteiger partial charge < -0.3 is 21.5 Å². The summed E-state index contributed by atoms with van der Waals surface area (Å²) in [6, 6.07) is 13.8. The number of para-hydroxylation sites is 1. The van der Waals surface area contributed by atoms with Gasteiger partial charge in [0.15, 0.2) is 0 Å². The number of hydrogen-bond donors (Lipinski definition) is 0. The third kappa shape index (κ3) is 3.03. The van der Waals surface area contributed by atoms with Gasteiger partial charge in [-0.05, 0) is 17.9 Å². The van der Waals surface area contributed by atoms with Gasteiger partial charge in [0, 0.05) is 11.3 Å². The van der Waals surface area contributed by atoms with Crippen molar-refractivity contribution in [2.45, 2.75) is 13.3 Å². The summed E-state index contributed by atoms with van der Waals surface area (Å²) in [6.07, 6.45) is 2.80. The maximum atomic E-state index is 13.7. The normalized spacial score (nSPS) is 10.6. The van der Waals surface area contributed by atoms with Gasteiger partial charge in [0.2, 0.25) is 5.88 Å². The molecule has 0 aliphatic rings. The molecule has 6 heteroatoms. The number of hydrogen-bond acceptors (Lipinski definition) is 2. The van der Waals surface area contributed by atoms with Crippen molar-refractivity contribution in [3.8, 4) is 5.88 Å². The maximum absolute atomic E-state index is 13.7. The predicted molar refractivity (Wildman–Crippen MR) is 90.5 cm³/mol. The molecule has 2 heterocycles. The SMILES string of the molecule is CCCOc1cn2c3ccccc3c3cc(F)c[c-]c3c2n1.[Cl-].[Mg+2]. The van der Waals surface area contributed by atoms with Gasteiger partial charge in [0.1, 0.15) is 0 Å². The van der Waals surface area contributed by atoms with Gasteiger partial charge in [-0.2, -0.15) is 0 Å². The maximum Gasteiger partial charge on any atom is 2.00 e. The number of halogens is 2. The summed E-state index contributed by atoms with van der Waals surface area (Å²) < 4.78 is 21.3. The molecule has 0 aliphatic heterocycles. The van der Waals surface area contributed by atoms with Gasteiger partial charge in [-0.3, -0.25) is 4.39 Å². The van der Waals surface area contributed by atoms with Crippen LogP contribution in [0.1, 0.15) is 13.3 Å². The molecule has 4 aromatic rings. The van der Waals surface area contributed by atoms with Crippen LogP contribution in [0.2, 0.25) is 0 Å². The van der Waals surface area contributed by atoms with Crippen molar-refractivity contribution in [2.24, 2.45) is 0 Å². The Hall–Kier alpha value is -1.56. The fourth-order valence-electron chi connectivity index (χ4n) is 2.77. The Kier molecular flexibility index (Phi) is 5.90. The summed E-state index contributed by atoms with van der Waals surface area (Å²) >= 11 is 0. The average Bonchev–Trinajstić information content (AvgIpc) is 2.97. The van der Waals surface area contributed by atoms with E-state index in [1.807, 2.05) is 34.9 Å². The third-order valence-electron chi connectivity index (χ3n) is 3.72. The Bertz CT molecular complexity index is 1000. The second kappa shape index (κ2) is 7.55. The van der Waals surface area contributed by atoms with Gasteiger partial charge in [0.25, 0.3) is 0 Å². The first-order valence-electron chi connectivity index (χ1n) is 7.31. The second-order valence-electron chi connectivity index (χ2n) is 5.24. The van der Waals surface area contributed by atoms with E-state index in [2.05, 4.69) is 18.0 Å². The largest absolute Gasteiger partial charge is 2.00 e. The molecule has 3 nitrogen and oxygen atoms in total. The van der Waals surface area contributed by atoms with Crippen LogP contribution in [0.15, 0.2) is 42.6 Å². The average molecular weight is 353 g/mol. The van der Waals surface area contributed by atoms with Gasteiger partial charge >= 0.3 is 23.1 Å². The molecular weight excluding hydrogens is 339 g/mol. The van der Waals surface area contributed by atoms with Crippen molar-refractivity contribution >= 4 is 50.4 Å². The summed E-state index contributed by atoms with van der Waals surface area (Å²) in [6.45, 7) is 2.68. The van der Waals surface area contributed by atoms with E-state index in [0.717, 1.165) is 33.7 Å². The Morgan fingerprint density at radius 2 is 2.04 bits per heavy atom. The molecule has 118 valence electrons. The van der Waals surface area contributed by atoms with E-state index in [0.29, 0.717) is 12.5 Å². The zero-order valence-electron chi connectivity index (χ0n) is 13.2. The van der Waals surface area contributed by atoms with Gasteiger partial charge in [-0.1, -0.05) is 35.9 Å². The fraction of sp³-hybridized carbons (Fsp3) is 0.167. The quantitative estimate of drug-likeness (QED) is 0.312. The summed E-state index contributed by atoms with van der Waals surface area (Å²) in [5, 5.41) is 2.59. The van der Waals surface area contributed by atoms with Crippen molar-refractivity contribution in [3.63, 3.8) is 0 Å². The first-order valence-corrected chi connectivity index (χ1v) is 7.31. The van der Waals surface area contributed by atoms with E-state index in [9.17, 15) is 4.39 Å². The summed E-state index contributed by atoms with van der Waals surface area (Å²) in [5.41, 5.74) is 1.71. The smallest absolute Gasteiger partial charge is 1.00 e. The van der Waals surface area contributed by atoms with Crippen LogP contribution < -0.4 is 17.1 Å². The number of rotatable bonds is 3. The first-order chi connectivity index (χ1) is 10.8. The molecule has 0 amide bonds. The minimum absolute atomic E-state index is 0. The zero-order chi connectivity index (χ0) is 15.1. The molecule has 0 aliphatic carbocycles. The molecule has 0 fully saturated rings. The van der Waals surface area contributed by atoms with Crippen LogP contribution in [0, 0.1) is 11.9 Å². The van der Waals surface area contributed by atoms with Crippen LogP contribution in [0.25, 0.3) is 27.3 Å². The number of ether oxygens (including phenoxy) is 1. The minimum Gasteiger partial charge on any atom is -1.00 e. The number of fused-ring (bicyclic) bond motifs is 6. The predicted octanol–water partition coefficient (Wildman–Crippen LogP) is 0.992. The van der Waals surface area contributed by atoms with Crippen LogP contribution in [0.3, 0.4) is 0 Å². The Morgan fingerprint density at radius 3 is 2.83 bits per heavy atom. The van der Waals surface area contributed by atoms with Crippen LogP contribution >= 0.6 is 0 Å². The van der Waals surface area contributed by atoms with E-state index in [1.54, 1.807) is 0 Å². The number of benzene rings is 2. The molecule has 0 atom stereocenters. The van der Waals surface area contributed by atoms with E-state index >= 15 is 0 Å². The van der Waals surface area contributed by atoms with Crippen LogP contribution in [-0.4, -0.2) is 39.0 Å². The number of nitrogens with zero attached hydrogens (tertiary/aromatic N) is 2. The fourth-order valence-corrected chi connectivity index (χ4v) is 2.77. The van der Waals surface area contributed by atoms with Crippen LogP contribution in [-0.2, 0) is 0 Å². The molecule has 2 aromatic carbocycles. The standard InChI is InChI=1S/C18H14FN2O.ClH.Mg/c1-2-9-22-17-11-21-16-6-4-3-5-13(16)15-10-12(19)7-8-14(15)18(21)20-17;;/h3-7,10-11H,2,9H2,1H3;1H;/q-1;;+2/p-1. The minimum atomic E-state index is -0.295. The summed E-state index contributed by atoms with van der Waals surface area (Å²) in [4.78, 5) is 4.55. The molecule has 0 saturated carbocycles. The third-order valence-corrected chi connectivity index (χ3v) is 3.72. The monoisotopic (exact) mass is 352 g/mol. The zero-order valence-corrected chi connectivity index (χ0v) is 15.4. The molecule has 0 N–H and O–H groups in total. The molecule has 0 bridgehead atoms. The van der Waals surface area contributed by atoms with Gasteiger partial charge in [0.05, 0.1) is 18.5 Å². The molecular formula is C18H14ClFMgN2O. The summed E-state index contributed by atoms with van der Waals surface area (Å²) in [7, 11) is 0. The molecule has 4 rings (SSSR count). The molecule has 0 spiro atoms. The van der Waals surface area contributed by atoms with E-state index < -0.39 is 0 Å². The van der Waals surface area contributed by atoms with Crippen molar-refractivity contribution < 1.29 is 21.5 Å². The van der Waals surface area contributed by atoms with Crippen molar-refractivity contribution in [2.75, 3.05) is 6.61 Å². The Balaban J connectivity index is 0.00000104. The molecule has 0 radical (unpaired) electrons. The van der Waals surface area contributed by atoms with Crippen molar-refractivity contribution in [3.05, 3.63) is 54.5 Å².